The molecule has 3 amide bonds. The molecule has 24 heavy (non-hydrogen) atoms. The molecule has 1 aliphatic carbocycles. The second-order valence-electron chi connectivity index (χ2n) is 8.35. The van der Waals surface area contributed by atoms with E-state index in [9.17, 15) is 14.4 Å². The minimum atomic E-state index is -0.238. The smallest absolute Gasteiger partial charge is 0.228 e. The maximum Gasteiger partial charge on any atom is 0.228 e. The molecule has 0 aromatic rings. The standard InChI is InChI=1S/C18H29N3O3/c1-18(2,3)21-12-14(11-15(21)22)17(24)20-8-4-7-19(9-10-20)16(23)13-5-6-13/h13-14H,4-12H2,1-3H3. The van der Waals surface area contributed by atoms with Crippen LogP contribution in [0.3, 0.4) is 0 Å². The van der Waals surface area contributed by atoms with Gasteiger partial charge >= 0.3 is 0 Å². The lowest BCUT2D eigenvalue weighted by Gasteiger charge is -2.32. The van der Waals surface area contributed by atoms with Crippen molar-refractivity contribution >= 4 is 17.7 Å². The lowest BCUT2D eigenvalue weighted by molar-refractivity contribution is -0.136. The van der Waals surface area contributed by atoms with Crippen LogP contribution >= 0.6 is 0 Å². The number of carbonyl (C=O) groups excluding carboxylic acids is 3. The molecule has 3 aliphatic rings. The zero-order valence-electron chi connectivity index (χ0n) is 15.1. The summed E-state index contributed by atoms with van der Waals surface area (Å²) in [7, 11) is 0. The molecule has 6 heteroatoms. The van der Waals surface area contributed by atoms with Crippen molar-refractivity contribution < 1.29 is 14.4 Å². The van der Waals surface area contributed by atoms with Crippen molar-refractivity contribution in [3.05, 3.63) is 0 Å². The van der Waals surface area contributed by atoms with Crippen LogP contribution in [0.25, 0.3) is 0 Å². The van der Waals surface area contributed by atoms with Gasteiger partial charge in [0.05, 0.1) is 5.92 Å². The molecule has 134 valence electrons. The van der Waals surface area contributed by atoms with Crippen LogP contribution in [0.4, 0.5) is 0 Å². The van der Waals surface area contributed by atoms with Gasteiger partial charge in [0.15, 0.2) is 0 Å². The van der Waals surface area contributed by atoms with Crippen molar-refractivity contribution in [2.45, 2.75) is 52.0 Å². The minimum Gasteiger partial charge on any atom is -0.341 e. The Bertz CT molecular complexity index is 536. The molecule has 1 saturated carbocycles. The fourth-order valence-electron chi connectivity index (χ4n) is 3.73. The van der Waals surface area contributed by atoms with Gasteiger partial charge in [0.25, 0.3) is 0 Å². The fourth-order valence-corrected chi connectivity index (χ4v) is 3.73. The van der Waals surface area contributed by atoms with E-state index in [0.717, 1.165) is 25.8 Å². The van der Waals surface area contributed by atoms with Gasteiger partial charge in [-0.3, -0.25) is 14.4 Å². The van der Waals surface area contributed by atoms with E-state index in [2.05, 4.69) is 0 Å². The van der Waals surface area contributed by atoms with Crippen LogP contribution in [-0.2, 0) is 14.4 Å². The average molecular weight is 335 g/mol. The Hall–Kier alpha value is -1.59. The predicted octanol–water partition coefficient (Wildman–Crippen LogP) is 1.10. The summed E-state index contributed by atoms with van der Waals surface area (Å²) in [5, 5.41) is 0. The van der Waals surface area contributed by atoms with Crippen molar-refractivity contribution in [1.82, 2.24) is 14.7 Å². The third-order valence-electron chi connectivity index (χ3n) is 5.33. The van der Waals surface area contributed by atoms with Crippen molar-refractivity contribution in [3.63, 3.8) is 0 Å². The molecular formula is C18H29N3O3. The third-order valence-corrected chi connectivity index (χ3v) is 5.33. The lowest BCUT2D eigenvalue weighted by atomic mass is 10.1. The van der Waals surface area contributed by atoms with E-state index >= 15 is 0 Å². The van der Waals surface area contributed by atoms with Crippen molar-refractivity contribution in [2.75, 3.05) is 32.7 Å². The Morgan fingerprint density at radius 3 is 1.92 bits per heavy atom. The van der Waals surface area contributed by atoms with Crippen LogP contribution in [0.15, 0.2) is 0 Å². The highest BCUT2D eigenvalue weighted by atomic mass is 16.2. The van der Waals surface area contributed by atoms with E-state index in [1.54, 1.807) is 0 Å². The molecule has 1 unspecified atom stereocenters. The van der Waals surface area contributed by atoms with E-state index in [1.807, 2.05) is 35.5 Å². The van der Waals surface area contributed by atoms with Crippen molar-refractivity contribution in [2.24, 2.45) is 11.8 Å². The van der Waals surface area contributed by atoms with E-state index in [4.69, 9.17) is 0 Å². The van der Waals surface area contributed by atoms with Gasteiger partial charge in [-0.15, -0.1) is 0 Å². The summed E-state index contributed by atoms with van der Waals surface area (Å²) in [4.78, 5) is 42.9. The Labute approximate surface area is 144 Å². The molecule has 2 saturated heterocycles. The molecule has 3 rings (SSSR count). The van der Waals surface area contributed by atoms with E-state index < -0.39 is 0 Å². The Morgan fingerprint density at radius 2 is 1.46 bits per heavy atom. The Kier molecular flexibility index (Phi) is 4.58. The molecule has 2 aliphatic heterocycles. The maximum atomic E-state index is 12.8. The number of amides is 3. The molecule has 0 N–H and O–H groups in total. The van der Waals surface area contributed by atoms with Crippen LogP contribution in [0.1, 0.15) is 46.5 Å². The monoisotopic (exact) mass is 335 g/mol. The van der Waals surface area contributed by atoms with E-state index in [-0.39, 0.29) is 35.1 Å². The zero-order valence-corrected chi connectivity index (χ0v) is 15.1. The zero-order chi connectivity index (χ0) is 17.5. The molecule has 0 radical (unpaired) electrons. The number of carbonyl (C=O) groups is 3. The molecular weight excluding hydrogens is 306 g/mol. The van der Waals surface area contributed by atoms with Gasteiger partial charge in [-0.05, 0) is 40.0 Å². The maximum absolute atomic E-state index is 12.8. The SMILES string of the molecule is CC(C)(C)N1CC(C(=O)N2CCCN(C(=O)C3CC3)CC2)CC1=O. The number of hydrogen-bond acceptors (Lipinski definition) is 3. The van der Waals surface area contributed by atoms with Gasteiger partial charge in [-0.25, -0.2) is 0 Å². The van der Waals surface area contributed by atoms with Gasteiger partial charge in [0, 0.05) is 50.6 Å². The topological polar surface area (TPSA) is 60.9 Å². The van der Waals surface area contributed by atoms with Crippen LogP contribution < -0.4 is 0 Å². The first-order chi connectivity index (χ1) is 11.3. The van der Waals surface area contributed by atoms with Crippen LogP contribution in [0.2, 0.25) is 0 Å². The number of rotatable bonds is 2. The highest BCUT2D eigenvalue weighted by molar-refractivity contribution is 5.89. The van der Waals surface area contributed by atoms with Crippen LogP contribution in [0.5, 0.6) is 0 Å². The first-order valence-electron chi connectivity index (χ1n) is 9.15. The number of hydrogen-bond donors (Lipinski definition) is 0. The summed E-state index contributed by atoms with van der Waals surface area (Å²) in [5.74, 6) is 0.415. The molecule has 3 fully saturated rings. The summed E-state index contributed by atoms with van der Waals surface area (Å²) in [6.07, 6.45) is 3.18. The molecule has 0 spiro atoms. The quantitative estimate of drug-likeness (QED) is 0.759. The molecule has 6 nitrogen and oxygen atoms in total. The highest BCUT2D eigenvalue weighted by Gasteiger charge is 2.41. The minimum absolute atomic E-state index is 0.0706. The number of nitrogens with zero attached hydrogens (tertiary/aromatic N) is 3. The molecule has 0 bridgehead atoms. The molecule has 1 atom stereocenters. The van der Waals surface area contributed by atoms with Crippen molar-refractivity contribution in [1.29, 1.82) is 0 Å². The van der Waals surface area contributed by atoms with Gasteiger partial charge in [-0.1, -0.05) is 0 Å². The molecule has 0 aromatic heterocycles. The largest absolute Gasteiger partial charge is 0.341 e. The fraction of sp³-hybridized carbons (Fsp3) is 0.833. The summed E-state index contributed by atoms with van der Waals surface area (Å²) >= 11 is 0. The van der Waals surface area contributed by atoms with Crippen molar-refractivity contribution in [3.8, 4) is 0 Å². The number of likely N-dealkylation sites (tertiary alicyclic amines) is 1. The summed E-state index contributed by atoms with van der Waals surface area (Å²) in [6.45, 7) is 9.19. The first kappa shape index (κ1) is 17.2. The highest BCUT2D eigenvalue weighted by Crippen LogP contribution is 2.31. The molecule has 2 heterocycles. The summed E-state index contributed by atoms with van der Waals surface area (Å²) < 4.78 is 0. The van der Waals surface area contributed by atoms with Gasteiger partial charge in [-0.2, -0.15) is 0 Å². The van der Waals surface area contributed by atoms with Gasteiger partial charge in [0.2, 0.25) is 17.7 Å². The summed E-state index contributed by atoms with van der Waals surface area (Å²) in [5.41, 5.74) is -0.238. The Morgan fingerprint density at radius 1 is 0.917 bits per heavy atom. The van der Waals surface area contributed by atoms with Crippen LogP contribution in [0, 0.1) is 11.8 Å². The second kappa shape index (κ2) is 6.37. The lowest BCUT2D eigenvalue weighted by Crippen LogP contribution is -2.44. The summed E-state index contributed by atoms with van der Waals surface area (Å²) in [6, 6.07) is 0. The normalized spacial score (nSPS) is 25.9. The van der Waals surface area contributed by atoms with Gasteiger partial charge in [0.1, 0.15) is 0 Å². The Balaban J connectivity index is 1.57. The predicted molar refractivity (Wildman–Crippen MR) is 90.1 cm³/mol. The van der Waals surface area contributed by atoms with Gasteiger partial charge < -0.3 is 14.7 Å². The van der Waals surface area contributed by atoms with E-state index in [0.29, 0.717) is 32.6 Å². The second-order valence-corrected chi connectivity index (χ2v) is 8.35. The first-order valence-corrected chi connectivity index (χ1v) is 9.15. The van der Waals surface area contributed by atoms with Crippen LogP contribution in [-0.4, -0.2) is 70.7 Å². The average Bonchev–Trinajstić information content (AvgIpc) is 3.30. The molecule has 0 aromatic carbocycles. The third kappa shape index (κ3) is 3.57. The van der Waals surface area contributed by atoms with E-state index in [1.165, 1.54) is 0 Å².